The predicted molar refractivity (Wildman–Crippen MR) is 144 cm³/mol. The molecule has 0 spiro atoms. The summed E-state index contributed by atoms with van der Waals surface area (Å²) in [6, 6.07) is 25.7. The van der Waals surface area contributed by atoms with Crippen LogP contribution in [0.3, 0.4) is 0 Å². The molecule has 1 N–H and O–H groups in total. The number of fused-ring (bicyclic) bond motifs is 1. The van der Waals surface area contributed by atoms with Crippen molar-refractivity contribution in [1.82, 2.24) is 0 Å². The van der Waals surface area contributed by atoms with Crippen LogP contribution in [-0.2, 0) is 10.2 Å². The standard InChI is InChI=1S/C30H37N3O/c1-21(2)19-20-30(26-9-7-8-10-27(26)31-29(30)34)28(22-11-15-24(16-12-22)32(3)4)23-13-17-25(18-14-23)33(5)6/h7-18,21,28H,19-20H2,1-6H3,(H,31,34). The summed E-state index contributed by atoms with van der Waals surface area (Å²) in [5, 5.41) is 3.24. The first-order valence-electron chi connectivity index (χ1n) is 12.2. The maximum atomic E-state index is 14.0. The minimum absolute atomic E-state index is 0.0951. The minimum atomic E-state index is -0.667. The Morgan fingerprint density at radius 1 is 0.765 bits per heavy atom. The van der Waals surface area contributed by atoms with Gasteiger partial charge in [0.1, 0.15) is 0 Å². The van der Waals surface area contributed by atoms with Crippen molar-refractivity contribution in [2.45, 2.75) is 38.0 Å². The van der Waals surface area contributed by atoms with E-state index in [-0.39, 0.29) is 11.8 Å². The summed E-state index contributed by atoms with van der Waals surface area (Å²) in [7, 11) is 8.21. The number of para-hydroxylation sites is 1. The molecule has 1 unspecified atom stereocenters. The van der Waals surface area contributed by atoms with Gasteiger partial charge in [0, 0.05) is 51.2 Å². The molecule has 0 aliphatic carbocycles. The first-order valence-corrected chi connectivity index (χ1v) is 12.2. The van der Waals surface area contributed by atoms with Crippen LogP contribution in [0, 0.1) is 5.92 Å². The van der Waals surface area contributed by atoms with Crippen molar-refractivity contribution in [2.24, 2.45) is 5.92 Å². The number of carbonyl (C=O) groups excluding carboxylic acids is 1. The van der Waals surface area contributed by atoms with Crippen molar-refractivity contribution in [1.29, 1.82) is 0 Å². The van der Waals surface area contributed by atoms with Crippen LogP contribution in [0.5, 0.6) is 0 Å². The van der Waals surface area contributed by atoms with E-state index < -0.39 is 5.41 Å². The van der Waals surface area contributed by atoms with Crippen molar-refractivity contribution in [3.05, 3.63) is 89.5 Å². The van der Waals surface area contributed by atoms with Gasteiger partial charge >= 0.3 is 0 Å². The smallest absolute Gasteiger partial charge is 0.236 e. The number of rotatable bonds is 8. The molecule has 4 nitrogen and oxygen atoms in total. The summed E-state index contributed by atoms with van der Waals surface area (Å²) in [5.41, 5.74) is 6.02. The van der Waals surface area contributed by atoms with Gasteiger partial charge in [0.15, 0.2) is 0 Å². The maximum Gasteiger partial charge on any atom is 0.236 e. The molecule has 0 radical (unpaired) electrons. The molecule has 1 atom stereocenters. The van der Waals surface area contributed by atoms with Gasteiger partial charge in [-0.1, -0.05) is 56.3 Å². The number of amides is 1. The van der Waals surface area contributed by atoms with Gasteiger partial charge in [-0.25, -0.2) is 0 Å². The average molecular weight is 456 g/mol. The first kappa shape index (κ1) is 23.9. The fourth-order valence-electron chi connectivity index (χ4n) is 5.22. The minimum Gasteiger partial charge on any atom is -0.378 e. The number of hydrogen-bond donors (Lipinski definition) is 1. The summed E-state index contributed by atoms with van der Waals surface area (Å²) in [6.07, 6.45) is 1.77. The Balaban J connectivity index is 1.94. The molecule has 3 aromatic rings. The highest BCUT2D eigenvalue weighted by Gasteiger charge is 2.52. The van der Waals surface area contributed by atoms with Crippen molar-refractivity contribution in [3.63, 3.8) is 0 Å². The van der Waals surface area contributed by atoms with E-state index in [0.717, 1.165) is 35.5 Å². The van der Waals surface area contributed by atoms with E-state index >= 15 is 0 Å². The van der Waals surface area contributed by atoms with E-state index in [1.165, 1.54) is 11.1 Å². The Morgan fingerprint density at radius 2 is 1.26 bits per heavy atom. The summed E-state index contributed by atoms with van der Waals surface area (Å²) < 4.78 is 0. The molecular weight excluding hydrogens is 418 g/mol. The Bertz CT molecular complexity index is 1080. The van der Waals surface area contributed by atoms with Crippen molar-refractivity contribution >= 4 is 23.0 Å². The zero-order chi connectivity index (χ0) is 24.5. The number of benzene rings is 3. The molecule has 0 fully saturated rings. The van der Waals surface area contributed by atoms with E-state index in [4.69, 9.17) is 0 Å². The van der Waals surface area contributed by atoms with E-state index in [1.54, 1.807) is 0 Å². The van der Waals surface area contributed by atoms with Gasteiger partial charge in [-0.05, 0) is 65.8 Å². The highest BCUT2D eigenvalue weighted by Crippen LogP contribution is 2.53. The van der Waals surface area contributed by atoms with Crippen LogP contribution in [0.2, 0.25) is 0 Å². The number of anilines is 3. The van der Waals surface area contributed by atoms with Crippen LogP contribution < -0.4 is 15.1 Å². The molecule has 4 rings (SSSR count). The predicted octanol–water partition coefficient (Wildman–Crippen LogP) is 6.28. The van der Waals surface area contributed by atoms with E-state index in [9.17, 15) is 4.79 Å². The van der Waals surface area contributed by atoms with Crippen LogP contribution in [0.4, 0.5) is 17.1 Å². The van der Waals surface area contributed by atoms with Gasteiger partial charge in [0.25, 0.3) is 0 Å². The van der Waals surface area contributed by atoms with Crippen molar-refractivity contribution < 1.29 is 4.79 Å². The quantitative estimate of drug-likeness (QED) is 0.434. The second-order valence-corrected chi connectivity index (χ2v) is 10.3. The van der Waals surface area contributed by atoms with E-state index in [1.807, 2.05) is 12.1 Å². The number of nitrogens with zero attached hydrogens (tertiary/aromatic N) is 2. The number of nitrogens with one attached hydrogen (secondary N) is 1. The third-order valence-electron chi connectivity index (χ3n) is 7.16. The largest absolute Gasteiger partial charge is 0.378 e. The average Bonchev–Trinajstić information content (AvgIpc) is 3.10. The fraction of sp³-hybridized carbons (Fsp3) is 0.367. The number of hydrogen-bond acceptors (Lipinski definition) is 3. The Kier molecular flexibility index (Phi) is 6.70. The molecule has 1 aliphatic heterocycles. The lowest BCUT2D eigenvalue weighted by Crippen LogP contribution is -2.41. The van der Waals surface area contributed by atoms with E-state index in [2.05, 4.69) is 118 Å². The Morgan fingerprint density at radius 3 is 1.74 bits per heavy atom. The molecule has 0 bridgehead atoms. The van der Waals surface area contributed by atoms with Crippen LogP contribution in [0.1, 0.15) is 49.3 Å². The van der Waals surface area contributed by atoms with Gasteiger partial charge in [0.05, 0.1) is 5.41 Å². The van der Waals surface area contributed by atoms with Gasteiger partial charge in [-0.3, -0.25) is 4.79 Å². The summed E-state index contributed by atoms with van der Waals surface area (Å²) in [5.74, 6) is 0.514. The first-order chi connectivity index (χ1) is 16.2. The second-order valence-electron chi connectivity index (χ2n) is 10.3. The van der Waals surface area contributed by atoms with Gasteiger partial charge in [-0.2, -0.15) is 0 Å². The van der Waals surface area contributed by atoms with Crippen LogP contribution in [0.15, 0.2) is 72.8 Å². The lowest BCUT2D eigenvalue weighted by Gasteiger charge is -2.38. The molecular formula is C30H37N3O. The molecule has 1 heterocycles. The van der Waals surface area contributed by atoms with Crippen LogP contribution >= 0.6 is 0 Å². The van der Waals surface area contributed by atoms with E-state index in [0.29, 0.717) is 5.92 Å². The zero-order valence-corrected chi connectivity index (χ0v) is 21.3. The molecule has 1 aliphatic rings. The highest BCUT2D eigenvalue weighted by molar-refractivity contribution is 6.07. The zero-order valence-electron chi connectivity index (χ0n) is 21.3. The fourth-order valence-corrected chi connectivity index (χ4v) is 5.22. The van der Waals surface area contributed by atoms with Crippen LogP contribution in [-0.4, -0.2) is 34.1 Å². The normalized spacial score (nSPS) is 17.1. The summed E-state index contributed by atoms with van der Waals surface area (Å²) in [4.78, 5) is 18.2. The monoisotopic (exact) mass is 455 g/mol. The highest BCUT2D eigenvalue weighted by atomic mass is 16.2. The summed E-state index contributed by atoms with van der Waals surface area (Å²) in [6.45, 7) is 4.47. The van der Waals surface area contributed by atoms with Gasteiger partial charge in [0.2, 0.25) is 5.91 Å². The van der Waals surface area contributed by atoms with Gasteiger partial charge < -0.3 is 15.1 Å². The lowest BCUT2D eigenvalue weighted by molar-refractivity contribution is -0.121. The van der Waals surface area contributed by atoms with Crippen LogP contribution in [0.25, 0.3) is 0 Å². The van der Waals surface area contributed by atoms with Crippen molar-refractivity contribution in [3.8, 4) is 0 Å². The topological polar surface area (TPSA) is 35.6 Å². The third kappa shape index (κ3) is 4.29. The SMILES string of the molecule is CC(C)CCC1(C(c2ccc(N(C)C)cc2)c2ccc(N(C)C)cc2)C(=O)Nc2ccccc21. The molecule has 0 saturated heterocycles. The maximum absolute atomic E-state index is 14.0. The molecule has 34 heavy (non-hydrogen) atoms. The second kappa shape index (κ2) is 9.54. The summed E-state index contributed by atoms with van der Waals surface area (Å²) >= 11 is 0. The van der Waals surface area contributed by atoms with Crippen molar-refractivity contribution in [2.75, 3.05) is 43.3 Å². The lowest BCUT2D eigenvalue weighted by atomic mass is 9.62. The third-order valence-corrected chi connectivity index (χ3v) is 7.16. The number of carbonyl (C=O) groups is 1. The molecule has 0 saturated carbocycles. The molecule has 4 heteroatoms. The molecule has 0 aromatic heterocycles. The molecule has 178 valence electrons. The molecule has 1 amide bonds. The van der Waals surface area contributed by atoms with Gasteiger partial charge in [-0.15, -0.1) is 0 Å². The Hall–Kier alpha value is -3.27. The molecule has 3 aromatic carbocycles. The Labute approximate surface area is 204 Å².